The first kappa shape index (κ1) is 70.8. The maximum Gasteiger partial charge on any atom is 0.137 e. The molecule has 0 unspecified atom stereocenters. The highest BCUT2D eigenvalue weighted by Gasteiger charge is 2.49. The van der Waals surface area contributed by atoms with Crippen LogP contribution in [-0.4, -0.2) is 0 Å². The Kier molecular flexibility index (Phi) is 15.5. The van der Waals surface area contributed by atoms with Gasteiger partial charge in [-0.3, -0.25) is 0 Å². The standard InChI is InChI=1S/C112H64F4N2O6/c113-77-33-25-73(26-34-77)111(74-27-35-78(114)36-28-74)95-19-7-5-17-87(95)89-45-41-81(59-97(89)111)117(85-51-69(103-55-65-13-1-9-21-99(65)119-103)49-70(52-85)104-56-66-14-2-10-22-100(66)120-104)83-43-47-91-93-63-110-94(64-109(93)123-107(91)61-83)92-48-44-84(62-108(92)124-110)118(86-53-71(105-57-67-15-3-11-23-101(67)121-105)50-72(54-86)106-58-68-16-4-12-24-102(68)122-106)82-42-46-90-88-18-6-8-20-96(88)112(98(90)60-82,75-29-37-79(115)38-30-75)76-31-39-80(116)40-32-76/h1-64H. The van der Waals surface area contributed by atoms with Gasteiger partial charge in [0.05, 0.1) is 10.8 Å². The SMILES string of the molecule is Fc1ccc(C2(c3ccc(F)cc3)c3ccccc3-c3ccc(N(c4cc(-c5cc6ccccc6o5)cc(-c5cc6ccccc6o5)c4)c4ccc5c(c4)oc4cc6c(cc45)oc4cc(N(c5cc(-c7cc8ccccc8o7)cc(-c7cc8ccccc8o7)c5)c5ccc7c(c5)C(c5ccc(F)cc5)(c5ccc(F)cc5)c5ccccc5-7)ccc46)cc32)cc1. The Morgan fingerprint density at radius 1 is 0.185 bits per heavy atom. The molecule has 0 bridgehead atoms. The van der Waals surface area contributed by atoms with Crippen LogP contribution in [0, 0.1) is 23.3 Å². The average molecular weight is 1610 g/mol. The first-order valence-electron chi connectivity index (χ1n) is 41.2. The number of rotatable bonds is 14. The van der Waals surface area contributed by atoms with Crippen LogP contribution in [0.3, 0.4) is 0 Å². The van der Waals surface area contributed by atoms with E-state index in [-0.39, 0.29) is 23.3 Å². The van der Waals surface area contributed by atoms with Crippen molar-refractivity contribution in [1.82, 2.24) is 0 Å². The summed E-state index contributed by atoms with van der Waals surface area (Å²) in [7, 11) is 0. The zero-order chi connectivity index (χ0) is 82.2. The second-order valence-electron chi connectivity index (χ2n) is 32.3. The molecule has 23 aromatic rings. The quantitative estimate of drug-likeness (QED) is 0.0996. The molecule has 0 N–H and O–H groups in total. The van der Waals surface area contributed by atoms with Crippen LogP contribution in [0.4, 0.5) is 51.7 Å². The fraction of sp³-hybridized carbons (Fsp3) is 0.0179. The molecule has 6 aromatic heterocycles. The van der Waals surface area contributed by atoms with Crippen LogP contribution in [0.25, 0.3) is 155 Å². The van der Waals surface area contributed by atoms with Crippen LogP contribution in [0.5, 0.6) is 0 Å². The monoisotopic (exact) mass is 1610 g/mol. The molecular formula is C112H64F4N2O6. The number of halogens is 4. The van der Waals surface area contributed by atoms with Crippen molar-refractivity contribution in [3.63, 3.8) is 0 Å². The Morgan fingerprint density at radius 3 is 0.782 bits per heavy atom. The average Bonchev–Trinajstić information content (AvgIpc) is 1.59. The third-order valence-electron chi connectivity index (χ3n) is 25.4. The molecular weight excluding hydrogens is 1550 g/mol. The van der Waals surface area contributed by atoms with Crippen molar-refractivity contribution in [2.75, 3.05) is 9.80 Å². The fourth-order valence-electron chi connectivity index (χ4n) is 19.9. The molecule has 0 saturated heterocycles. The van der Waals surface area contributed by atoms with Crippen LogP contribution in [-0.2, 0) is 10.8 Å². The van der Waals surface area contributed by atoms with E-state index in [1.807, 2.05) is 170 Å². The first-order valence-corrected chi connectivity index (χ1v) is 41.2. The van der Waals surface area contributed by atoms with Gasteiger partial charge in [0.2, 0.25) is 0 Å². The molecule has 25 rings (SSSR count). The lowest BCUT2D eigenvalue weighted by Gasteiger charge is -2.35. The van der Waals surface area contributed by atoms with Gasteiger partial charge in [-0.2, -0.15) is 0 Å². The van der Waals surface area contributed by atoms with Gasteiger partial charge in [0.25, 0.3) is 0 Å². The third-order valence-corrected chi connectivity index (χ3v) is 25.4. The highest BCUT2D eigenvalue weighted by molar-refractivity contribution is 6.16. The molecule has 17 aromatic carbocycles. The molecule has 0 amide bonds. The van der Waals surface area contributed by atoms with Crippen LogP contribution >= 0.6 is 0 Å². The molecule has 12 heteroatoms. The van der Waals surface area contributed by atoms with Crippen molar-refractivity contribution in [2.45, 2.75) is 10.8 Å². The lowest BCUT2D eigenvalue weighted by Crippen LogP contribution is -2.29. The van der Waals surface area contributed by atoms with Gasteiger partial charge in [-0.05, 0) is 261 Å². The van der Waals surface area contributed by atoms with E-state index in [2.05, 4.69) is 180 Å². The van der Waals surface area contributed by atoms with E-state index in [1.54, 1.807) is 0 Å². The van der Waals surface area contributed by atoms with Gasteiger partial charge in [0, 0.05) is 112 Å². The number of hydrogen-bond donors (Lipinski definition) is 0. The number of fused-ring (bicyclic) bond motifs is 16. The van der Waals surface area contributed by atoms with E-state index < -0.39 is 10.8 Å². The summed E-state index contributed by atoms with van der Waals surface area (Å²) in [5.74, 6) is 1.15. The van der Waals surface area contributed by atoms with Crippen molar-refractivity contribution >= 4 is 122 Å². The maximum absolute atomic E-state index is 15.4. The van der Waals surface area contributed by atoms with Gasteiger partial charge in [0.1, 0.15) is 91.0 Å². The van der Waals surface area contributed by atoms with Crippen LogP contribution in [0.1, 0.15) is 44.5 Å². The van der Waals surface area contributed by atoms with Gasteiger partial charge >= 0.3 is 0 Å². The lowest BCUT2D eigenvalue weighted by atomic mass is 9.67. The zero-order valence-electron chi connectivity index (χ0n) is 65.8. The smallest absolute Gasteiger partial charge is 0.137 e. The number of para-hydroxylation sites is 4. The Bertz CT molecular complexity index is 7440. The predicted molar refractivity (Wildman–Crippen MR) is 486 cm³/mol. The summed E-state index contributed by atoms with van der Waals surface area (Å²) in [5.41, 5.74) is 22.3. The molecule has 2 aliphatic rings. The highest BCUT2D eigenvalue weighted by atomic mass is 19.1. The summed E-state index contributed by atoms with van der Waals surface area (Å²) in [6.45, 7) is 0. The number of nitrogens with zero attached hydrogens (tertiary/aromatic N) is 2. The third kappa shape index (κ3) is 11.0. The van der Waals surface area contributed by atoms with Gasteiger partial charge < -0.3 is 36.3 Å². The summed E-state index contributed by atoms with van der Waals surface area (Å²) < 4.78 is 103. The van der Waals surface area contributed by atoms with E-state index in [1.165, 1.54) is 48.5 Å². The Hall–Kier alpha value is -16.2. The topological polar surface area (TPSA) is 85.3 Å². The summed E-state index contributed by atoms with van der Waals surface area (Å²) >= 11 is 0. The van der Waals surface area contributed by atoms with Crippen LogP contribution in [0.2, 0.25) is 0 Å². The second-order valence-corrected chi connectivity index (χ2v) is 32.3. The van der Waals surface area contributed by atoms with Crippen LogP contribution in [0.15, 0.2) is 415 Å². The molecule has 0 saturated carbocycles. The minimum absolute atomic E-state index is 0.373. The Balaban J connectivity index is 0.676. The molecule has 124 heavy (non-hydrogen) atoms. The normalized spacial score (nSPS) is 13.1. The van der Waals surface area contributed by atoms with Crippen molar-refractivity contribution in [2.24, 2.45) is 0 Å². The van der Waals surface area contributed by atoms with Gasteiger partial charge in [0.15, 0.2) is 0 Å². The number of hydrogen-bond acceptors (Lipinski definition) is 8. The highest BCUT2D eigenvalue weighted by Crippen LogP contribution is 2.61. The first-order chi connectivity index (χ1) is 60.9. The van der Waals surface area contributed by atoms with E-state index in [0.29, 0.717) is 45.4 Å². The Labute approximate surface area is 705 Å². The van der Waals surface area contributed by atoms with E-state index >= 15 is 17.6 Å². The Morgan fingerprint density at radius 2 is 0.460 bits per heavy atom. The minimum Gasteiger partial charge on any atom is -0.456 e. The molecule has 0 radical (unpaired) electrons. The number of furan rings is 6. The summed E-state index contributed by atoms with van der Waals surface area (Å²) in [4.78, 5) is 4.47. The summed E-state index contributed by atoms with van der Waals surface area (Å²) in [5, 5.41) is 7.20. The van der Waals surface area contributed by atoms with Crippen molar-refractivity contribution in [1.29, 1.82) is 0 Å². The van der Waals surface area contributed by atoms with E-state index in [0.717, 1.165) is 189 Å². The molecule has 0 atom stereocenters. The van der Waals surface area contributed by atoms with Crippen molar-refractivity contribution < 1.29 is 44.1 Å². The lowest BCUT2D eigenvalue weighted by molar-refractivity contribution is 0.622. The molecule has 0 aliphatic heterocycles. The van der Waals surface area contributed by atoms with E-state index in [4.69, 9.17) is 26.5 Å². The number of anilines is 6. The molecule has 0 fully saturated rings. The summed E-state index contributed by atoms with van der Waals surface area (Å²) in [6.07, 6.45) is 0. The van der Waals surface area contributed by atoms with Crippen molar-refractivity contribution in [3.8, 4) is 67.5 Å². The van der Waals surface area contributed by atoms with Crippen LogP contribution < -0.4 is 9.80 Å². The predicted octanol–water partition coefficient (Wildman–Crippen LogP) is 31.4. The second kappa shape index (κ2) is 27.2. The fourth-order valence-corrected chi connectivity index (χ4v) is 19.9. The van der Waals surface area contributed by atoms with Crippen molar-refractivity contribution in [3.05, 3.63) is 456 Å². The van der Waals surface area contributed by atoms with Gasteiger partial charge in [-0.1, -0.05) is 182 Å². The van der Waals surface area contributed by atoms with Gasteiger partial charge in [-0.15, -0.1) is 0 Å². The van der Waals surface area contributed by atoms with Gasteiger partial charge in [-0.25, -0.2) is 17.6 Å². The summed E-state index contributed by atoms with van der Waals surface area (Å²) in [6, 6.07) is 126. The van der Waals surface area contributed by atoms with E-state index in [9.17, 15) is 0 Å². The molecule has 0 spiro atoms. The molecule has 8 nitrogen and oxygen atoms in total. The maximum atomic E-state index is 15.4. The largest absolute Gasteiger partial charge is 0.456 e. The molecule has 2 aliphatic carbocycles. The minimum atomic E-state index is -1.04. The molecule has 6 heterocycles. The zero-order valence-corrected chi connectivity index (χ0v) is 65.8. The molecule has 586 valence electrons. The number of benzene rings is 17.